The first-order valence-corrected chi connectivity index (χ1v) is 18.3. The number of allylic oxidation sites excluding steroid dienone is 8. The highest BCUT2D eigenvalue weighted by Crippen LogP contribution is 2.31. The number of hydrogen-bond acceptors (Lipinski definition) is 12. The average Bonchev–Trinajstić information content (AvgIpc) is 3.10. The quantitative estimate of drug-likeness (QED) is 0.0648. The lowest BCUT2D eigenvalue weighted by molar-refractivity contribution is -0.111. The fraction of sp³-hybridized carbons (Fsp3) is 0.0286. The number of fused-ring (bicyclic) bond motifs is 2. The third-order valence-corrected chi connectivity index (χ3v) is 9.34. The van der Waals surface area contributed by atoms with Gasteiger partial charge in [-0.1, -0.05) is 18.2 Å². The third kappa shape index (κ3) is 8.45. The van der Waals surface area contributed by atoms with E-state index >= 15 is 0 Å². The van der Waals surface area contributed by atoms with Crippen molar-refractivity contribution in [2.75, 3.05) is 16.2 Å². The number of anilines is 3. The van der Waals surface area contributed by atoms with Crippen LogP contribution < -0.4 is 16.2 Å². The number of ketones is 2. The second-order valence-corrected chi connectivity index (χ2v) is 14.3. The Hall–Kier alpha value is -6.80. The van der Waals surface area contributed by atoms with Gasteiger partial charge in [-0.15, -0.1) is 0 Å². The first-order valence-electron chi connectivity index (χ1n) is 15.4. The van der Waals surface area contributed by atoms with Crippen LogP contribution in [0.5, 0.6) is 0 Å². The minimum absolute atomic E-state index is 0.0140. The number of carbonyl (C=O) groups is 2. The van der Waals surface area contributed by atoms with Gasteiger partial charge < -0.3 is 15.5 Å². The van der Waals surface area contributed by atoms with Crippen LogP contribution in [0.4, 0.5) is 22.7 Å². The summed E-state index contributed by atoms with van der Waals surface area (Å²) in [5.74, 6) is -1.58. The molecule has 0 saturated carbocycles. The summed E-state index contributed by atoms with van der Waals surface area (Å²) in [5, 5.41) is 30.5. The van der Waals surface area contributed by atoms with Crippen molar-refractivity contribution in [1.29, 1.82) is 0 Å². The van der Waals surface area contributed by atoms with Gasteiger partial charge >= 0.3 is 0 Å². The van der Waals surface area contributed by atoms with Crippen molar-refractivity contribution in [3.8, 4) is 0 Å². The highest BCUT2D eigenvalue weighted by Gasteiger charge is 2.33. The normalized spacial score (nSPS) is 17.8. The van der Waals surface area contributed by atoms with Crippen LogP contribution in [-0.4, -0.2) is 71.1 Å². The van der Waals surface area contributed by atoms with Gasteiger partial charge in [0.2, 0.25) is 5.78 Å². The molecule has 0 saturated heterocycles. The van der Waals surface area contributed by atoms with Crippen LogP contribution in [0.15, 0.2) is 144 Å². The zero-order chi connectivity index (χ0) is 38.8. The van der Waals surface area contributed by atoms with Crippen LogP contribution >= 0.6 is 0 Å². The zero-order valence-corrected chi connectivity index (χ0v) is 29.3. The average molecular weight is 770 g/mol. The van der Waals surface area contributed by atoms with Crippen LogP contribution in [0.25, 0.3) is 6.08 Å². The Morgan fingerprint density at radius 3 is 2.00 bits per heavy atom. The number of Topliss-reactive ketones (excluding diaryl/α,β-unsaturated/α-hetero) is 1. The van der Waals surface area contributed by atoms with Gasteiger partial charge in [0.1, 0.15) is 15.5 Å². The number of para-hydroxylation sites is 1. The molecule has 0 aliphatic heterocycles. The van der Waals surface area contributed by atoms with E-state index in [-0.39, 0.29) is 45.3 Å². The molecule has 0 amide bonds. The van der Waals surface area contributed by atoms with Crippen LogP contribution in [0.2, 0.25) is 0 Å². The number of carbonyl (C=O) groups excluding carboxylic acids is 2. The molecule has 7 N–H and O–H groups in total. The molecular weight excluding hydrogens is 743 g/mol. The minimum Gasteiger partial charge on any atom is -0.497 e. The van der Waals surface area contributed by atoms with Crippen LogP contribution in [0, 0.1) is 0 Å². The third-order valence-electron chi connectivity index (χ3n) is 7.59. The van der Waals surface area contributed by atoms with E-state index in [2.05, 4.69) is 36.4 Å². The SMILES string of the molecule is CC(O)=Nc1ccc(N/N=C2\C=C3C(=O)C=C(N=C(O)Nc4ccc5c(c4)C=C(S(=O)(=O)O)/C(=N/Nc4ccccc4)C5=O)C=C3C=C2S(=O)(=O)O)cc1. The number of hydrazone groups is 2. The second-order valence-electron chi connectivity index (χ2n) is 11.5. The predicted molar refractivity (Wildman–Crippen MR) is 203 cm³/mol. The number of aliphatic hydroxyl groups excluding tert-OH is 2. The summed E-state index contributed by atoms with van der Waals surface area (Å²) >= 11 is 0. The van der Waals surface area contributed by atoms with Crippen molar-refractivity contribution in [2.24, 2.45) is 20.2 Å². The van der Waals surface area contributed by atoms with E-state index in [1.54, 1.807) is 54.6 Å². The first kappa shape index (κ1) is 37.0. The number of hydrogen-bond donors (Lipinski definition) is 7. The first-order chi connectivity index (χ1) is 25.5. The molecule has 3 aliphatic rings. The van der Waals surface area contributed by atoms with Gasteiger partial charge in [-0.2, -0.15) is 32.0 Å². The molecule has 0 atom stereocenters. The van der Waals surface area contributed by atoms with E-state index in [0.717, 1.165) is 24.3 Å². The smallest absolute Gasteiger partial charge is 0.296 e. The maximum absolute atomic E-state index is 13.3. The molecule has 0 radical (unpaired) electrons. The van der Waals surface area contributed by atoms with E-state index in [0.29, 0.717) is 17.1 Å². The minimum atomic E-state index is -4.92. The largest absolute Gasteiger partial charge is 0.497 e. The molecule has 274 valence electrons. The van der Waals surface area contributed by atoms with Crippen molar-refractivity contribution in [1.82, 2.24) is 0 Å². The standard InChI is InChI=1S/C35H27N7O10S2/c1-19(43)36-22-7-9-24(10-8-22)39-41-29-18-28-21(15-31(29)53(47,48)49)14-26(17-30(28)44)38-35(46)37-25-11-12-27-20(13-25)16-32(54(50,51)52)33(34(27)45)42-40-23-5-3-2-4-6-23/h2-18,39-40H,1H3,(H,36,43)(H2,37,38,46)(H,47,48,49)(H,50,51,52)/b41-29+,42-33-. The Labute approximate surface area is 307 Å². The monoisotopic (exact) mass is 769 g/mol. The lowest BCUT2D eigenvalue weighted by Gasteiger charge is -2.19. The molecule has 19 heteroatoms. The van der Waals surface area contributed by atoms with Crippen molar-refractivity contribution in [3.63, 3.8) is 0 Å². The molecule has 3 aromatic carbocycles. The number of benzene rings is 3. The molecule has 0 fully saturated rings. The van der Waals surface area contributed by atoms with Gasteiger partial charge in [-0.25, -0.2) is 4.99 Å². The summed E-state index contributed by atoms with van der Waals surface area (Å²) in [5.41, 5.74) is 5.88. The van der Waals surface area contributed by atoms with Gasteiger partial charge in [0.05, 0.1) is 22.8 Å². The Kier molecular flexibility index (Phi) is 10.0. The number of nitrogens with one attached hydrogen (secondary N) is 3. The van der Waals surface area contributed by atoms with Gasteiger partial charge in [-0.3, -0.25) is 29.5 Å². The van der Waals surface area contributed by atoms with E-state index < -0.39 is 53.3 Å². The molecule has 0 spiro atoms. The summed E-state index contributed by atoms with van der Waals surface area (Å²) in [7, 11) is -9.77. The Morgan fingerprint density at radius 2 is 1.33 bits per heavy atom. The summed E-state index contributed by atoms with van der Waals surface area (Å²) in [6.45, 7) is 1.40. The van der Waals surface area contributed by atoms with Crippen LogP contribution in [0.1, 0.15) is 22.8 Å². The maximum atomic E-state index is 13.3. The van der Waals surface area contributed by atoms with Gasteiger partial charge in [0.15, 0.2) is 17.4 Å². The zero-order valence-electron chi connectivity index (χ0n) is 27.7. The van der Waals surface area contributed by atoms with Crippen LogP contribution in [0.3, 0.4) is 0 Å². The summed E-state index contributed by atoms with van der Waals surface area (Å²) in [4.78, 5) is 32.9. The Bertz CT molecular complexity index is 2620. The lowest BCUT2D eigenvalue weighted by Crippen LogP contribution is -2.27. The number of aliphatic imine (C=N–C) groups is 2. The van der Waals surface area contributed by atoms with Gasteiger partial charge in [-0.05, 0) is 90.0 Å². The molecule has 6 rings (SSSR count). The van der Waals surface area contributed by atoms with E-state index in [9.17, 15) is 45.7 Å². The fourth-order valence-corrected chi connectivity index (χ4v) is 6.54. The predicted octanol–water partition coefficient (Wildman–Crippen LogP) is 5.09. The van der Waals surface area contributed by atoms with Crippen molar-refractivity contribution in [3.05, 3.63) is 135 Å². The number of aliphatic hydroxyl groups is 2. The topological polar surface area (TPSA) is 269 Å². The molecule has 0 unspecified atom stereocenters. The van der Waals surface area contributed by atoms with Crippen molar-refractivity contribution < 1.29 is 45.7 Å². The Balaban J connectivity index is 1.23. The highest BCUT2D eigenvalue weighted by molar-refractivity contribution is 7.91. The Morgan fingerprint density at radius 1 is 0.685 bits per heavy atom. The maximum Gasteiger partial charge on any atom is 0.296 e. The van der Waals surface area contributed by atoms with E-state index in [1.165, 1.54) is 31.2 Å². The van der Waals surface area contributed by atoms with Crippen LogP contribution in [-0.2, 0) is 25.0 Å². The fourth-order valence-electron chi connectivity index (χ4n) is 5.24. The van der Waals surface area contributed by atoms with Gasteiger partial charge in [0.25, 0.3) is 26.3 Å². The van der Waals surface area contributed by atoms with E-state index in [1.807, 2.05) is 0 Å². The van der Waals surface area contributed by atoms with Crippen molar-refractivity contribution >= 4 is 84.0 Å². The summed E-state index contributed by atoms with van der Waals surface area (Å²) in [6.07, 6.45) is 5.55. The molecule has 0 bridgehead atoms. The number of amidine groups is 1. The summed E-state index contributed by atoms with van der Waals surface area (Å²) in [6, 6.07) is 17.9. The molecular formula is C35H27N7O10S2. The molecule has 54 heavy (non-hydrogen) atoms. The summed E-state index contributed by atoms with van der Waals surface area (Å²) < 4.78 is 68.9. The molecule has 17 nitrogen and oxygen atoms in total. The lowest BCUT2D eigenvalue weighted by atomic mass is 9.90. The van der Waals surface area contributed by atoms with E-state index in [4.69, 9.17) is 0 Å². The molecule has 0 heterocycles. The molecule has 3 aromatic rings. The van der Waals surface area contributed by atoms with Gasteiger partial charge in [0, 0.05) is 29.8 Å². The number of rotatable bonds is 9. The highest BCUT2D eigenvalue weighted by atomic mass is 32.2. The number of nitrogens with zero attached hydrogens (tertiary/aromatic N) is 4. The molecule has 3 aliphatic carbocycles. The van der Waals surface area contributed by atoms with Crippen molar-refractivity contribution in [2.45, 2.75) is 6.92 Å². The molecule has 0 aromatic heterocycles. The second kappa shape index (κ2) is 14.7.